The van der Waals surface area contributed by atoms with E-state index in [9.17, 15) is 5.11 Å². The summed E-state index contributed by atoms with van der Waals surface area (Å²) in [5, 5.41) is 20.2. The third-order valence-electron chi connectivity index (χ3n) is 29.6. The summed E-state index contributed by atoms with van der Waals surface area (Å²) in [7, 11) is 1.80. The highest BCUT2D eigenvalue weighted by Gasteiger charge is 2.37. The molecule has 0 spiro atoms. The van der Waals surface area contributed by atoms with Crippen LogP contribution in [0, 0.1) is 11.8 Å². The Kier molecular flexibility index (Phi) is 60.0. The number of aliphatic hydroxyl groups is 2. The molecule has 0 bridgehead atoms. The Labute approximate surface area is 815 Å². The number of ether oxygens (including phenoxy) is 2. The van der Waals surface area contributed by atoms with Crippen molar-refractivity contribution in [1.82, 2.24) is 59.0 Å². The van der Waals surface area contributed by atoms with Gasteiger partial charge in [-0.3, -0.25) is 58.7 Å². The molecule has 12 aliphatic heterocycles. The van der Waals surface area contributed by atoms with Crippen LogP contribution in [0.15, 0.2) is 0 Å². The van der Waals surface area contributed by atoms with Gasteiger partial charge in [-0.1, -0.05) is 45.4 Å². The third kappa shape index (κ3) is 54.4. The van der Waals surface area contributed by atoms with Gasteiger partial charge in [0.15, 0.2) is 0 Å². The molecule has 780 valence electrons. The maximum atomic E-state index is 9.18. The van der Waals surface area contributed by atoms with Crippen LogP contribution in [0.5, 0.6) is 0 Å². The van der Waals surface area contributed by atoms with E-state index in [-0.39, 0.29) is 11.1 Å². The minimum atomic E-state index is 0.181. The van der Waals surface area contributed by atoms with Crippen molar-refractivity contribution in [2.24, 2.45) is 11.8 Å². The molecule has 0 aromatic carbocycles. The first-order valence-corrected chi connectivity index (χ1v) is 54.8. The van der Waals surface area contributed by atoms with E-state index in [0.29, 0.717) is 80.6 Å². The Hall–Kier alpha value is -0.680. The standard InChI is InChI=1S/C11H23NO.C11H23N.2C10H21NO.2C10H21N.3C9H19N.2C8H17NO.C8H17N/c1-11(2,3)12-7-5-10(6-8-12)9-13-4;1-5-10-8-6-7-9-12(10)11(2,3)4;1-10(2,3)11-6-4-9(8-12)5-7-11;1-10(2,3)11-7-5-4-6-9(11)8-12;1-9-7-5-6-8-11(9)10(2,3)4;1-10(2,3)11-8-6-4-5-7-9-11;2*1-8-6-5-7-10(8)9(2,3)4;1-9(2,3)10-7-5-4-6-8-10;1-8(2,3)9-4-6-10-7-5-9;1-8(2,3)9-6-4-5-7-10-9;1-8(2,3)9-6-4-5-7-9/h10H,5-9H2,1-4H3;10H,5-9H2,1-4H3;2*9,12H,4-8H2,1-3H3;9H,5-8H2,1-4H3;4-9H2,1-3H3;2*8H,5-7H2,1-4H3;4-8H2,1-3H3;2*4-7H2,1-3H3;4-7H2,1-3H3/t;;;;;;2*8-;;;;/m......10..../s1. The first kappa shape index (κ1) is 127. The molecular formula is C113H238N12O5. The zero-order chi connectivity index (χ0) is 99.6. The van der Waals surface area contributed by atoms with Crippen molar-refractivity contribution in [3.05, 3.63) is 0 Å². The fourth-order valence-electron chi connectivity index (χ4n) is 21.2. The van der Waals surface area contributed by atoms with Gasteiger partial charge >= 0.3 is 0 Å². The van der Waals surface area contributed by atoms with E-state index >= 15 is 0 Å². The van der Waals surface area contributed by atoms with E-state index < -0.39 is 0 Å². The molecule has 12 fully saturated rings. The average Bonchev–Trinajstić information content (AvgIpc) is 1.75. The summed E-state index contributed by atoms with van der Waals surface area (Å²) in [5.74, 6) is 1.35. The Morgan fingerprint density at radius 1 is 0.238 bits per heavy atom. The van der Waals surface area contributed by atoms with Crippen LogP contribution >= 0.6 is 0 Å². The van der Waals surface area contributed by atoms with Crippen LogP contribution in [0.4, 0.5) is 0 Å². The van der Waals surface area contributed by atoms with Crippen molar-refractivity contribution in [1.29, 1.82) is 0 Å². The molecule has 0 aromatic heterocycles. The molecule has 0 amide bonds. The van der Waals surface area contributed by atoms with E-state index in [1.54, 1.807) is 7.11 Å². The van der Waals surface area contributed by atoms with Crippen LogP contribution in [-0.4, -0.2) is 330 Å². The first-order valence-electron chi connectivity index (χ1n) is 54.8. The van der Waals surface area contributed by atoms with Gasteiger partial charge in [-0.25, -0.2) is 0 Å². The fourth-order valence-corrected chi connectivity index (χ4v) is 21.2. The van der Waals surface area contributed by atoms with Gasteiger partial charge in [-0.15, -0.1) is 0 Å². The lowest BCUT2D eigenvalue weighted by Crippen LogP contribution is -2.52. The Morgan fingerprint density at radius 3 is 0.738 bits per heavy atom. The van der Waals surface area contributed by atoms with Gasteiger partial charge in [0, 0.05) is 137 Å². The van der Waals surface area contributed by atoms with Gasteiger partial charge < -0.3 is 19.7 Å². The lowest BCUT2D eigenvalue weighted by atomic mass is 9.93. The predicted octanol–water partition coefficient (Wildman–Crippen LogP) is 25.3. The lowest BCUT2D eigenvalue weighted by Gasteiger charge is -2.44. The van der Waals surface area contributed by atoms with Crippen molar-refractivity contribution in [3.8, 4) is 0 Å². The normalized spacial score (nSPS) is 25.3. The first-order chi connectivity index (χ1) is 59.8. The molecule has 2 N–H and O–H groups in total. The highest BCUT2D eigenvalue weighted by Crippen LogP contribution is 2.33. The fraction of sp³-hybridized carbons (Fsp3) is 1.00. The maximum absolute atomic E-state index is 9.18. The predicted molar refractivity (Wildman–Crippen MR) is 572 cm³/mol. The largest absolute Gasteiger partial charge is 0.396 e. The van der Waals surface area contributed by atoms with Crippen molar-refractivity contribution >= 4 is 0 Å². The molecule has 12 heterocycles. The number of methoxy groups -OCH3 is 1. The minimum absolute atomic E-state index is 0.181. The number of piperidine rings is 6. The van der Waals surface area contributed by atoms with E-state index in [1.807, 2.05) is 0 Å². The molecule has 12 saturated heterocycles. The van der Waals surface area contributed by atoms with Crippen LogP contribution < -0.4 is 0 Å². The minimum Gasteiger partial charge on any atom is -0.396 e. The zero-order valence-corrected chi connectivity index (χ0v) is 96.0. The van der Waals surface area contributed by atoms with Gasteiger partial charge in [0.1, 0.15) is 0 Å². The lowest BCUT2D eigenvalue weighted by molar-refractivity contribution is -0.227. The quantitative estimate of drug-likeness (QED) is 0.272. The molecule has 17 heteroatoms. The number of likely N-dealkylation sites (tertiary alicyclic amines) is 10. The van der Waals surface area contributed by atoms with E-state index in [4.69, 9.17) is 19.4 Å². The molecule has 12 aliphatic rings. The summed E-state index contributed by atoms with van der Waals surface area (Å²) >= 11 is 0. The second-order valence-corrected chi connectivity index (χ2v) is 53.1. The van der Waals surface area contributed by atoms with Gasteiger partial charge in [-0.2, -0.15) is 5.06 Å². The average molecular weight is 1850 g/mol. The molecule has 17 nitrogen and oxygen atoms in total. The smallest absolute Gasteiger partial charge is 0.0685 e. The van der Waals surface area contributed by atoms with Gasteiger partial charge in [-0.05, 0) is 528 Å². The monoisotopic (exact) mass is 1840 g/mol. The molecule has 5 atom stereocenters. The molecule has 0 radical (unpaired) electrons. The SMILES string of the molecule is CC(C)(C)N1CCC(CO)CC1.CC(C)(C)N1CCCC1.CC(C)(C)N1CCCCC1.CC(C)(C)N1CCCCC1CO.CC(C)(C)N1CCCCCC1.CC(C)(C)N1CCCCO1.CC(C)(C)N1CCOCC1.CC1CCCCN1C(C)(C)C.CCC1CCCCN1C(C)(C)C.COCC1CCN(C(C)(C)C)CC1.C[C@@H]1CCCN1C(C)(C)C.C[C@H]1CCCN1C(C)(C)C. The summed E-state index contributed by atoms with van der Waals surface area (Å²) in [4.78, 5) is 33.6. The zero-order valence-electron chi connectivity index (χ0n) is 96.0. The number of hydrogen-bond acceptors (Lipinski definition) is 17. The van der Waals surface area contributed by atoms with Crippen LogP contribution in [-0.2, 0) is 14.3 Å². The highest BCUT2D eigenvalue weighted by molar-refractivity contribution is 4.92. The second kappa shape index (κ2) is 61.2. The molecule has 0 saturated carbocycles. The third-order valence-corrected chi connectivity index (χ3v) is 29.6. The van der Waals surface area contributed by atoms with Crippen LogP contribution in [0.2, 0.25) is 0 Å². The number of hydroxylamine groups is 2. The Balaban J connectivity index is 0.000000710. The highest BCUT2D eigenvalue weighted by atomic mass is 16.7. The van der Waals surface area contributed by atoms with E-state index in [2.05, 4.69) is 336 Å². The molecular weight excluding hydrogens is 1610 g/mol. The molecule has 12 rings (SSSR count). The summed E-state index contributed by atoms with van der Waals surface area (Å²) in [6, 6.07) is 3.65. The Morgan fingerprint density at radius 2 is 0.500 bits per heavy atom. The maximum Gasteiger partial charge on any atom is 0.0685 e. The number of nitrogens with zero attached hydrogens (tertiary/aromatic N) is 12. The molecule has 3 unspecified atom stereocenters. The molecule has 0 aliphatic carbocycles. The summed E-state index contributed by atoms with van der Waals surface area (Å²) < 4.78 is 10.4. The van der Waals surface area contributed by atoms with Gasteiger partial charge in [0.2, 0.25) is 0 Å². The van der Waals surface area contributed by atoms with Gasteiger partial charge in [0.25, 0.3) is 0 Å². The van der Waals surface area contributed by atoms with Crippen molar-refractivity contribution < 1.29 is 24.5 Å². The molecule has 0 aromatic rings. The van der Waals surface area contributed by atoms with Crippen molar-refractivity contribution in [2.45, 2.75) is 560 Å². The summed E-state index contributed by atoms with van der Waals surface area (Å²) in [6.07, 6.45) is 39.1. The molecule has 130 heavy (non-hydrogen) atoms. The topological polar surface area (TPSA) is 107 Å². The van der Waals surface area contributed by atoms with Crippen molar-refractivity contribution in [2.75, 3.05) is 165 Å². The van der Waals surface area contributed by atoms with Crippen LogP contribution in [0.3, 0.4) is 0 Å². The number of morpholine rings is 1. The van der Waals surface area contributed by atoms with Crippen molar-refractivity contribution in [3.63, 3.8) is 0 Å². The van der Waals surface area contributed by atoms with E-state index in [1.165, 1.54) is 245 Å². The van der Waals surface area contributed by atoms with Gasteiger partial charge in [0.05, 0.1) is 26.4 Å². The van der Waals surface area contributed by atoms with Crippen LogP contribution in [0.25, 0.3) is 0 Å². The summed E-state index contributed by atoms with van der Waals surface area (Å²) in [6.45, 7) is 118. The number of rotatable bonds is 5. The van der Waals surface area contributed by atoms with E-state index in [0.717, 1.165) is 115 Å². The second-order valence-electron chi connectivity index (χ2n) is 53.1. The number of hydrogen-bond donors (Lipinski definition) is 2. The Bertz CT molecular complexity index is 2580. The van der Waals surface area contributed by atoms with Crippen LogP contribution in [0.1, 0.15) is 463 Å². The summed E-state index contributed by atoms with van der Waals surface area (Å²) in [5.41, 5.74) is 4.10. The number of aliphatic hydroxyl groups excluding tert-OH is 2.